The van der Waals surface area contributed by atoms with Gasteiger partial charge in [-0.1, -0.05) is 0 Å². The van der Waals surface area contributed by atoms with Crippen molar-refractivity contribution in [3.63, 3.8) is 0 Å². The van der Waals surface area contributed by atoms with Gasteiger partial charge < -0.3 is 15.8 Å². The van der Waals surface area contributed by atoms with Gasteiger partial charge in [-0.05, 0) is 19.3 Å². The minimum atomic E-state index is -0.532. The summed E-state index contributed by atoms with van der Waals surface area (Å²) in [5, 5.41) is 2.58. The Morgan fingerprint density at radius 3 is 2.69 bits per heavy atom. The third-order valence-electron chi connectivity index (χ3n) is 2.31. The molecule has 0 unspecified atom stereocenters. The van der Waals surface area contributed by atoms with Crippen molar-refractivity contribution in [1.82, 2.24) is 5.32 Å². The fraction of sp³-hybridized carbons (Fsp3) is 0.750. The first-order valence-electron chi connectivity index (χ1n) is 4.27. The zero-order chi connectivity index (χ0) is 9.84. The number of esters is 1. The van der Waals surface area contributed by atoms with Crippen LogP contribution < -0.4 is 11.1 Å². The Hall–Kier alpha value is -1.26. The molecule has 0 heterocycles. The molecule has 0 spiro atoms. The number of primary amides is 1. The number of nitrogens with one attached hydrogen (secondary N) is 1. The van der Waals surface area contributed by atoms with E-state index < -0.39 is 6.03 Å². The summed E-state index contributed by atoms with van der Waals surface area (Å²) in [4.78, 5) is 21.6. The van der Waals surface area contributed by atoms with Crippen LogP contribution in [-0.4, -0.2) is 25.2 Å². The normalized spacial score (nSPS) is 26.8. The summed E-state index contributed by atoms with van der Waals surface area (Å²) in [5.41, 5.74) is 4.96. The van der Waals surface area contributed by atoms with Gasteiger partial charge >= 0.3 is 12.0 Å². The summed E-state index contributed by atoms with van der Waals surface area (Å²) >= 11 is 0. The van der Waals surface area contributed by atoms with Crippen LogP contribution in [-0.2, 0) is 9.53 Å². The van der Waals surface area contributed by atoms with Crippen LogP contribution in [0.25, 0.3) is 0 Å². The molecular formula is C8H14N2O3. The molecule has 1 rings (SSSR count). The molecule has 0 aromatic rings. The summed E-state index contributed by atoms with van der Waals surface area (Å²) in [5.74, 6) is -0.282. The highest BCUT2D eigenvalue weighted by atomic mass is 16.5. The first-order valence-corrected chi connectivity index (χ1v) is 4.27. The molecule has 0 radical (unpaired) electrons. The maximum atomic E-state index is 11.1. The van der Waals surface area contributed by atoms with Gasteiger partial charge in [0.05, 0.1) is 13.0 Å². The van der Waals surface area contributed by atoms with E-state index in [1.807, 2.05) is 0 Å². The highest BCUT2D eigenvalue weighted by molar-refractivity contribution is 5.74. The molecule has 0 bridgehead atoms. The number of methoxy groups -OCH3 is 1. The Bertz CT molecular complexity index is 217. The molecular weight excluding hydrogens is 172 g/mol. The zero-order valence-electron chi connectivity index (χ0n) is 7.58. The fourth-order valence-corrected chi connectivity index (χ4v) is 1.69. The third kappa shape index (κ3) is 2.61. The van der Waals surface area contributed by atoms with Crippen molar-refractivity contribution in [3.8, 4) is 0 Å². The molecule has 1 aliphatic carbocycles. The molecule has 5 heteroatoms. The van der Waals surface area contributed by atoms with Crippen LogP contribution in [0.15, 0.2) is 0 Å². The third-order valence-corrected chi connectivity index (χ3v) is 2.31. The second kappa shape index (κ2) is 4.11. The number of hydrogen-bond acceptors (Lipinski definition) is 3. The van der Waals surface area contributed by atoms with Crippen molar-refractivity contribution in [2.24, 2.45) is 11.7 Å². The quantitative estimate of drug-likeness (QED) is 0.595. The van der Waals surface area contributed by atoms with Crippen LogP contribution in [0.2, 0.25) is 0 Å². The second-order valence-corrected chi connectivity index (χ2v) is 3.24. The highest BCUT2D eigenvalue weighted by Gasteiger charge is 2.30. The van der Waals surface area contributed by atoms with E-state index in [4.69, 9.17) is 5.73 Å². The Balaban J connectivity index is 2.36. The predicted molar refractivity (Wildman–Crippen MR) is 45.9 cm³/mol. The minimum Gasteiger partial charge on any atom is -0.469 e. The topological polar surface area (TPSA) is 81.4 Å². The Labute approximate surface area is 76.6 Å². The number of carbonyl (C=O) groups excluding carboxylic acids is 2. The van der Waals surface area contributed by atoms with Crippen LogP contribution in [0.1, 0.15) is 19.3 Å². The SMILES string of the molecule is COC(=O)[C@H]1CC[C@@H](NC(N)=O)C1. The monoisotopic (exact) mass is 186 g/mol. The second-order valence-electron chi connectivity index (χ2n) is 3.24. The standard InChI is InChI=1S/C8H14N2O3/c1-13-7(11)5-2-3-6(4-5)10-8(9)12/h5-6H,2-4H2,1H3,(H3,9,10,12)/t5-,6+/m0/s1. The number of ether oxygens (including phenoxy) is 1. The molecule has 1 saturated carbocycles. The lowest BCUT2D eigenvalue weighted by Crippen LogP contribution is -2.37. The van der Waals surface area contributed by atoms with Crippen molar-refractivity contribution in [2.45, 2.75) is 25.3 Å². The van der Waals surface area contributed by atoms with Crippen molar-refractivity contribution in [2.75, 3.05) is 7.11 Å². The van der Waals surface area contributed by atoms with Gasteiger partial charge in [0, 0.05) is 6.04 Å². The summed E-state index contributed by atoms with van der Waals surface area (Å²) in [6.45, 7) is 0. The number of rotatable bonds is 2. The molecule has 1 fully saturated rings. The molecule has 3 N–H and O–H groups in total. The first kappa shape index (κ1) is 9.83. The van der Waals surface area contributed by atoms with E-state index in [1.54, 1.807) is 0 Å². The van der Waals surface area contributed by atoms with Crippen LogP contribution in [0.3, 0.4) is 0 Å². The largest absolute Gasteiger partial charge is 0.469 e. The van der Waals surface area contributed by atoms with Crippen LogP contribution in [0.5, 0.6) is 0 Å². The number of urea groups is 1. The smallest absolute Gasteiger partial charge is 0.312 e. The number of carbonyl (C=O) groups is 2. The molecule has 0 saturated heterocycles. The highest BCUT2D eigenvalue weighted by Crippen LogP contribution is 2.26. The molecule has 0 aromatic heterocycles. The summed E-state index contributed by atoms with van der Waals surface area (Å²) < 4.78 is 4.60. The number of amides is 2. The zero-order valence-corrected chi connectivity index (χ0v) is 7.58. The molecule has 1 aliphatic rings. The Morgan fingerprint density at radius 1 is 1.46 bits per heavy atom. The lowest BCUT2D eigenvalue weighted by atomic mass is 10.1. The average molecular weight is 186 g/mol. The molecule has 5 nitrogen and oxygen atoms in total. The maximum Gasteiger partial charge on any atom is 0.312 e. The molecule has 2 atom stereocenters. The van der Waals surface area contributed by atoms with E-state index >= 15 is 0 Å². The van der Waals surface area contributed by atoms with E-state index in [1.165, 1.54) is 7.11 Å². The van der Waals surface area contributed by atoms with Gasteiger partial charge in [-0.2, -0.15) is 0 Å². The maximum absolute atomic E-state index is 11.1. The summed E-state index contributed by atoms with van der Waals surface area (Å²) in [6.07, 6.45) is 2.19. The molecule has 2 amide bonds. The summed E-state index contributed by atoms with van der Waals surface area (Å²) in [7, 11) is 1.37. The van der Waals surface area contributed by atoms with E-state index in [0.717, 1.165) is 12.8 Å². The Kier molecular flexibility index (Phi) is 3.11. The average Bonchev–Trinajstić information content (AvgIpc) is 2.50. The van der Waals surface area contributed by atoms with E-state index in [0.29, 0.717) is 6.42 Å². The first-order chi connectivity index (χ1) is 6.13. The van der Waals surface area contributed by atoms with Crippen LogP contribution >= 0.6 is 0 Å². The number of nitrogens with two attached hydrogens (primary N) is 1. The van der Waals surface area contributed by atoms with Crippen molar-refractivity contribution in [3.05, 3.63) is 0 Å². The lowest BCUT2D eigenvalue weighted by molar-refractivity contribution is -0.145. The summed E-state index contributed by atoms with van der Waals surface area (Å²) in [6, 6.07) is -0.503. The van der Waals surface area contributed by atoms with E-state index in [2.05, 4.69) is 10.1 Å². The van der Waals surface area contributed by atoms with Crippen molar-refractivity contribution >= 4 is 12.0 Å². The number of hydrogen-bond donors (Lipinski definition) is 2. The fourth-order valence-electron chi connectivity index (χ4n) is 1.69. The van der Waals surface area contributed by atoms with Gasteiger partial charge in [0.15, 0.2) is 0 Å². The predicted octanol–water partition coefficient (Wildman–Crippen LogP) is -0.00360. The minimum absolute atomic E-state index is 0.0293. The van der Waals surface area contributed by atoms with Gasteiger partial charge in [-0.15, -0.1) is 0 Å². The van der Waals surface area contributed by atoms with Gasteiger partial charge in [0.1, 0.15) is 0 Å². The molecule has 74 valence electrons. The van der Waals surface area contributed by atoms with Gasteiger partial charge in [-0.25, -0.2) is 4.79 Å². The van der Waals surface area contributed by atoms with E-state index in [9.17, 15) is 9.59 Å². The Morgan fingerprint density at radius 2 is 2.15 bits per heavy atom. The van der Waals surface area contributed by atoms with Crippen molar-refractivity contribution < 1.29 is 14.3 Å². The van der Waals surface area contributed by atoms with Crippen LogP contribution in [0, 0.1) is 5.92 Å². The molecule has 0 aromatic carbocycles. The van der Waals surface area contributed by atoms with Gasteiger partial charge in [0.2, 0.25) is 0 Å². The van der Waals surface area contributed by atoms with E-state index in [-0.39, 0.29) is 17.9 Å². The van der Waals surface area contributed by atoms with Gasteiger partial charge in [0.25, 0.3) is 0 Å². The van der Waals surface area contributed by atoms with Gasteiger partial charge in [-0.3, -0.25) is 4.79 Å². The van der Waals surface area contributed by atoms with Crippen molar-refractivity contribution in [1.29, 1.82) is 0 Å². The molecule has 13 heavy (non-hydrogen) atoms. The van der Waals surface area contributed by atoms with Crippen LogP contribution in [0.4, 0.5) is 4.79 Å². The lowest BCUT2D eigenvalue weighted by Gasteiger charge is -2.09. The molecule has 0 aliphatic heterocycles.